The molecule has 3 N–H and O–H groups in total. The van der Waals surface area contributed by atoms with Gasteiger partial charge >= 0.3 is 17.9 Å². The van der Waals surface area contributed by atoms with E-state index in [4.69, 9.17) is 14.2 Å². The summed E-state index contributed by atoms with van der Waals surface area (Å²) in [7, 11) is 0. The topological polar surface area (TPSA) is 115 Å². The molecule has 3 saturated heterocycles. The van der Waals surface area contributed by atoms with Gasteiger partial charge in [-0.15, -0.1) is 0 Å². The lowest BCUT2D eigenvalue weighted by Gasteiger charge is -2.28. The summed E-state index contributed by atoms with van der Waals surface area (Å²) in [4.78, 5) is 40.6. The zero-order valence-electron chi connectivity index (χ0n) is 27.5. The predicted octanol–water partition coefficient (Wildman–Crippen LogP) is 4.91. The summed E-state index contributed by atoms with van der Waals surface area (Å²) in [6.45, 7) is 24.3. The summed E-state index contributed by atoms with van der Waals surface area (Å²) >= 11 is 0. The highest BCUT2D eigenvalue weighted by Gasteiger charge is 2.49. The van der Waals surface area contributed by atoms with Crippen molar-refractivity contribution in [2.75, 3.05) is 0 Å². The van der Waals surface area contributed by atoms with Gasteiger partial charge in [0.15, 0.2) is 0 Å². The Bertz CT molecular complexity index is 1100. The van der Waals surface area contributed by atoms with Crippen LogP contribution in [0.3, 0.4) is 0 Å². The SMILES string of the molecule is CC1(C)CC(OC(=O)c2cc(C(=O)OC3CC(C)(C)NC3(C)C)cc(C(=O)OC3CC(C)(C)NC3(C)C)c2)C(C)(C)N1. The first kappa shape index (κ1) is 32.4. The molecule has 0 radical (unpaired) electrons. The lowest BCUT2D eigenvalue weighted by molar-refractivity contribution is 0.0165. The zero-order chi connectivity index (χ0) is 31.7. The number of hydrogen-bond donors (Lipinski definition) is 3. The maximum absolute atomic E-state index is 13.5. The van der Waals surface area contributed by atoms with Crippen molar-refractivity contribution in [3.8, 4) is 0 Å². The highest BCUT2D eigenvalue weighted by Crippen LogP contribution is 2.36. The highest BCUT2D eigenvalue weighted by molar-refractivity contribution is 6.00. The van der Waals surface area contributed by atoms with Crippen molar-refractivity contribution in [3.63, 3.8) is 0 Å². The molecule has 3 aliphatic heterocycles. The number of carbonyl (C=O) groups excluding carboxylic acids is 3. The molecule has 3 heterocycles. The maximum atomic E-state index is 13.5. The molecule has 3 aliphatic rings. The van der Waals surface area contributed by atoms with E-state index in [9.17, 15) is 14.4 Å². The summed E-state index contributed by atoms with van der Waals surface area (Å²) in [5.74, 6) is -1.82. The van der Waals surface area contributed by atoms with Crippen LogP contribution in [0.5, 0.6) is 0 Å². The third kappa shape index (κ3) is 7.00. The number of hydrogen-bond acceptors (Lipinski definition) is 9. The maximum Gasteiger partial charge on any atom is 0.338 e. The second kappa shape index (κ2) is 10.3. The van der Waals surface area contributed by atoms with Crippen LogP contribution >= 0.6 is 0 Å². The summed E-state index contributed by atoms with van der Waals surface area (Å²) in [6.07, 6.45) is 0.688. The van der Waals surface area contributed by atoms with Crippen LogP contribution in [0, 0.1) is 0 Å². The van der Waals surface area contributed by atoms with Crippen LogP contribution in [0.25, 0.3) is 0 Å². The summed E-state index contributed by atoms with van der Waals surface area (Å²) in [5, 5.41) is 10.5. The first-order valence-electron chi connectivity index (χ1n) is 15.1. The summed E-state index contributed by atoms with van der Waals surface area (Å²) < 4.78 is 17.9. The van der Waals surface area contributed by atoms with Gasteiger partial charge in [0, 0.05) is 35.9 Å². The van der Waals surface area contributed by atoms with Crippen LogP contribution in [0.15, 0.2) is 18.2 Å². The smallest absolute Gasteiger partial charge is 0.338 e. The molecule has 0 bridgehead atoms. The third-order valence-electron chi connectivity index (χ3n) is 8.87. The number of ether oxygens (including phenoxy) is 3. The van der Waals surface area contributed by atoms with Crippen LogP contribution < -0.4 is 16.0 Å². The lowest BCUT2D eigenvalue weighted by Crippen LogP contribution is -2.47. The Kier molecular flexibility index (Phi) is 7.96. The average molecular weight is 586 g/mol. The quantitative estimate of drug-likeness (QED) is 0.316. The van der Waals surface area contributed by atoms with Crippen molar-refractivity contribution in [1.82, 2.24) is 16.0 Å². The van der Waals surface area contributed by atoms with E-state index in [2.05, 4.69) is 57.5 Å². The fraction of sp³-hybridized carbons (Fsp3) is 0.727. The number of carbonyl (C=O) groups is 3. The van der Waals surface area contributed by atoms with Crippen LogP contribution in [-0.2, 0) is 14.2 Å². The Morgan fingerprint density at radius 1 is 0.500 bits per heavy atom. The number of esters is 3. The van der Waals surface area contributed by atoms with Crippen LogP contribution in [0.2, 0.25) is 0 Å². The largest absolute Gasteiger partial charge is 0.457 e. The van der Waals surface area contributed by atoms with E-state index in [1.807, 2.05) is 41.5 Å². The summed E-state index contributed by atoms with van der Waals surface area (Å²) in [5.41, 5.74) is -1.65. The third-order valence-corrected chi connectivity index (χ3v) is 8.87. The van der Waals surface area contributed by atoms with E-state index in [0.29, 0.717) is 19.3 Å². The van der Waals surface area contributed by atoms with E-state index in [1.165, 1.54) is 18.2 Å². The molecule has 0 aromatic heterocycles. The molecule has 0 aliphatic carbocycles. The molecular formula is C33H51N3O6. The monoisotopic (exact) mass is 585 g/mol. The Hall–Kier alpha value is -2.49. The van der Waals surface area contributed by atoms with Gasteiger partial charge < -0.3 is 30.2 Å². The minimum atomic E-state index is -0.607. The van der Waals surface area contributed by atoms with Crippen LogP contribution in [0.1, 0.15) is 133 Å². The molecule has 1 aromatic rings. The second-order valence-corrected chi connectivity index (χ2v) is 16.3. The van der Waals surface area contributed by atoms with Crippen LogP contribution in [-0.4, -0.2) is 69.5 Å². The summed E-state index contributed by atoms with van der Waals surface area (Å²) in [6, 6.07) is 4.35. The standard InChI is InChI=1S/C33H51N3O6/c1-28(2)16-22(31(7,8)34-28)40-25(37)19-13-20(26(38)41-23-17-29(3,4)35-32(23,9)10)15-21(14-19)27(39)42-24-18-30(5,6)36-33(24,11)12/h13-15,22-24,34-36H,16-18H2,1-12H3. The Morgan fingerprint density at radius 3 is 0.881 bits per heavy atom. The van der Waals surface area contributed by atoms with Crippen molar-refractivity contribution in [1.29, 1.82) is 0 Å². The van der Waals surface area contributed by atoms with E-state index in [-0.39, 0.29) is 33.3 Å². The van der Waals surface area contributed by atoms with Crippen molar-refractivity contribution in [2.45, 2.75) is 154 Å². The average Bonchev–Trinajstić information content (AvgIpc) is 3.24. The fourth-order valence-electron chi connectivity index (χ4n) is 7.31. The minimum absolute atomic E-state index is 0.102. The molecule has 3 fully saturated rings. The molecule has 0 saturated carbocycles. The molecule has 4 rings (SSSR count). The molecular weight excluding hydrogens is 534 g/mol. The van der Waals surface area contributed by atoms with Crippen molar-refractivity contribution in [2.24, 2.45) is 0 Å². The molecule has 1 aromatic carbocycles. The molecule has 0 amide bonds. The van der Waals surface area contributed by atoms with E-state index in [1.54, 1.807) is 0 Å². The van der Waals surface area contributed by atoms with Gasteiger partial charge in [-0.3, -0.25) is 0 Å². The van der Waals surface area contributed by atoms with Gasteiger partial charge in [0.05, 0.1) is 33.3 Å². The van der Waals surface area contributed by atoms with Crippen molar-refractivity contribution >= 4 is 17.9 Å². The Balaban J connectivity index is 1.64. The van der Waals surface area contributed by atoms with E-state index in [0.717, 1.165) is 0 Å². The van der Waals surface area contributed by atoms with Gasteiger partial charge in [-0.2, -0.15) is 0 Å². The van der Waals surface area contributed by atoms with Crippen molar-refractivity contribution in [3.05, 3.63) is 34.9 Å². The zero-order valence-corrected chi connectivity index (χ0v) is 27.5. The molecule has 9 heteroatoms. The van der Waals surface area contributed by atoms with Gasteiger partial charge in [0.2, 0.25) is 0 Å². The van der Waals surface area contributed by atoms with Crippen molar-refractivity contribution < 1.29 is 28.6 Å². The molecule has 3 unspecified atom stereocenters. The molecule has 0 spiro atoms. The van der Waals surface area contributed by atoms with Crippen LogP contribution in [0.4, 0.5) is 0 Å². The van der Waals surface area contributed by atoms with Gasteiger partial charge in [0.1, 0.15) is 18.3 Å². The fourth-order valence-corrected chi connectivity index (χ4v) is 7.31. The molecule has 9 nitrogen and oxygen atoms in total. The molecule has 42 heavy (non-hydrogen) atoms. The number of rotatable bonds is 6. The van der Waals surface area contributed by atoms with Gasteiger partial charge in [-0.25, -0.2) is 14.4 Å². The Labute approximate surface area is 251 Å². The normalized spacial score (nSPS) is 29.6. The van der Waals surface area contributed by atoms with Gasteiger partial charge in [-0.1, -0.05) is 0 Å². The second-order valence-electron chi connectivity index (χ2n) is 16.3. The first-order valence-corrected chi connectivity index (χ1v) is 15.1. The van der Waals surface area contributed by atoms with E-state index < -0.39 is 52.8 Å². The lowest BCUT2D eigenvalue weighted by atomic mass is 9.96. The van der Waals surface area contributed by atoms with E-state index >= 15 is 0 Å². The Morgan fingerprint density at radius 2 is 0.714 bits per heavy atom. The number of benzene rings is 1. The van der Waals surface area contributed by atoms with Gasteiger partial charge in [0.25, 0.3) is 0 Å². The minimum Gasteiger partial charge on any atom is -0.457 e. The molecule has 3 atom stereocenters. The predicted molar refractivity (Wildman–Crippen MR) is 162 cm³/mol. The number of nitrogens with one attached hydrogen (secondary N) is 3. The molecule has 234 valence electrons. The van der Waals surface area contributed by atoms with Gasteiger partial charge in [-0.05, 0) is 101 Å². The first-order chi connectivity index (χ1) is 18.9. The highest BCUT2D eigenvalue weighted by atomic mass is 16.6.